The molecule has 1 saturated heterocycles. The van der Waals surface area contributed by atoms with E-state index in [4.69, 9.17) is 27.6 Å². The number of likely N-dealkylation sites (tertiary alicyclic amines) is 1. The summed E-state index contributed by atoms with van der Waals surface area (Å²) in [5.41, 5.74) is 1.93. The second-order valence-corrected chi connectivity index (χ2v) is 9.33. The molecule has 168 valence electrons. The van der Waals surface area contributed by atoms with Crippen molar-refractivity contribution < 1.29 is 18.8 Å². The molecule has 2 aromatic carbocycles. The van der Waals surface area contributed by atoms with Gasteiger partial charge in [0.25, 0.3) is 0 Å². The summed E-state index contributed by atoms with van der Waals surface area (Å²) in [6.45, 7) is 3.37. The number of hydrogen-bond donors (Lipinski definition) is 2. The fourth-order valence-electron chi connectivity index (χ4n) is 4.96. The number of furan rings is 1. The van der Waals surface area contributed by atoms with Crippen molar-refractivity contribution in [1.29, 1.82) is 0 Å². The Morgan fingerprint density at radius 3 is 2.50 bits per heavy atom. The molecule has 4 rings (SSSR count). The Morgan fingerprint density at radius 1 is 1.12 bits per heavy atom. The second kappa shape index (κ2) is 9.67. The van der Waals surface area contributed by atoms with Crippen molar-refractivity contribution in [1.82, 2.24) is 5.32 Å². The Kier molecular flexibility index (Phi) is 6.91. The van der Waals surface area contributed by atoms with E-state index < -0.39 is 6.10 Å². The van der Waals surface area contributed by atoms with E-state index in [1.807, 2.05) is 54.6 Å². The molecule has 0 saturated carbocycles. The molecule has 1 aliphatic heterocycles. The first-order valence-corrected chi connectivity index (χ1v) is 11.5. The third-order valence-electron chi connectivity index (χ3n) is 6.24. The number of aliphatic hydroxyl groups excluding tert-OH is 1. The van der Waals surface area contributed by atoms with Gasteiger partial charge in [-0.3, -0.25) is 4.79 Å². The lowest BCUT2D eigenvalue weighted by Crippen LogP contribution is -2.53. The van der Waals surface area contributed by atoms with Crippen LogP contribution in [-0.4, -0.2) is 34.7 Å². The summed E-state index contributed by atoms with van der Waals surface area (Å²) < 4.78 is 6.24. The predicted molar refractivity (Wildman–Crippen MR) is 125 cm³/mol. The maximum Gasteiger partial charge on any atom is 0.217 e. The maximum atomic E-state index is 12.4. The van der Waals surface area contributed by atoms with E-state index in [-0.39, 0.29) is 18.0 Å². The Hall–Kier alpha value is -2.31. The predicted octanol–water partition coefficient (Wildman–Crippen LogP) is 5.29. The first-order chi connectivity index (χ1) is 15.4. The third kappa shape index (κ3) is 4.86. The van der Waals surface area contributed by atoms with Crippen LogP contribution in [0.5, 0.6) is 0 Å². The van der Waals surface area contributed by atoms with Crippen LogP contribution in [0.1, 0.15) is 42.3 Å². The average Bonchev–Trinajstić information content (AvgIpc) is 3.41. The van der Waals surface area contributed by atoms with Gasteiger partial charge < -0.3 is 19.3 Å². The van der Waals surface area contributed by atoms with Crippen LogP contribution < -0.4 is 5.32 Å². The SMILES string of the molecule is CC(=O)N[C@@H](c1ccccc1)C(c1ccc(Cl)c(Cl)c1)[N+]1(Cc2ccco2)CC[C@H](O)C1. The van der Waals surface area contributed by atoms with Crippen LogP contribution in [0.4, 0.5) is 0 Å². The van der Waals surface area contributed by atoms with Gasteiger partial charge in [0.2, 0.25) is 5.91 Å². The van der Waals surface area contributed by atoms with Crippen molar-refractivity contribution >= 4 is 29.1 Å². The van der Waals surface area contributed by atoms with Gasteiger partial charge in [0.15, 0.2) is 5.76 Å². The molecule has 0 aliphatic carbocycles. The van der Waals surface area contributed by atoms with Crippen LogP contribution in [0.2, 0.25) is 10.0 Å². The average molecular weight is 474 g/mol. The molecule has 1 aromatic heterocycles. The quantitative estimate of drug-likeness (QED) is 0.458. The highest BCUT2D eigenvalue weighted by atomic mass is 35.5. The Morgan fingerprint density at radius 2 is 1.91 bits per heavy atom. The molecule has 1 aliphatic rings. The zero-order valence-corrected chi connectivity index (χ0v) is 19.4. The topological polar surface area (TPSA) is 62.5 Å². The number of benzene rings is 2. The summed E-state index contributed by atoms with van der Waals surface area (Å²) in [4.78, 5) is 12.4. The highest BCUT2D eigenvalue weighted by Gasteiger charge is 2.49. The van der Waals surface area contributed by atoms with Gasteiger partial charge in [0.05, 0.1) is 22.9 Å². The highest BCUT2D eigenvalue weighted by Crippen LogP contribution is 2.45. The molecule has 1 fully saturated rings. The largest absolute Gasteiger partial charge is 0.463 e. The summed E-state index contributed by atoms with van der Waals surface area (Å²) in [6, 6.07) is 18.8. The van der Waals surface area contributed by atoms with Gasteiger partial charge in [-0.25, -0.2) is 0 Å². The minimum atomic E-state index is -0.441. The van der Waals surface area contributed by atoms with Gasteiger partial charge >= 0.3 is 0 Å². The van der Waals surface area contributed by atoms with Gasteiger partial charge in [-0.05, 0) is 29.8 Å². The van der Waals surface area contributed by atoms with Crippen molar-refractivity contribution in [2.24, 2.45) is 0 Å². The van der Waals surface area contributed by atoms with Crippen LogP contribution >= 0.6 is 23.2 Å². The molecular weight excluding hydrogens is 447 g/mol. The van der Waals surface area contributed by atoms with Crippen LogP contribution in [0.25, 0.3) is 0 Å². The van der Waals surface area contributed by atoms with E-state index in [1.165, 1.54) is 6.92 Å². The zero-order valence-electron chi connectivity index (χ0n) is 17.9. The van der Waals surface area contributed by atoms with E-state index in [9.17, 15) is 9.90 Å². The summed E-state index contributed by atoms with van der Waals surface area (Å²) >= 11 is 12.7. The van der Waals surface area contributed by atoms with Crippen molar-refractivity contribution in [3.05, 3.63) is 93.9 Å². The Balaban J connectivity index is 1.90. The van der Waals surface area contributed by atoms with E-state index in [2.05, 4.69) is 5.32 Å². The molecule has 0 bridgehead atoms. The van der Waals surface area contributed by atoms with E-state index in [0.717, 1.165) is 23.4 Å². The monoisotopic (exact) mass is 473 g/mol. The van der Waals surface area contributed by atoms with Crippen molar-refractivity contribution in [2.75, 3.05) is 13.1 Å². The minimum absolute atomic E-state index is 0.125. The molecule has 0 spiro atoms. The lowest BCUT2D eigenvalue weighted by Gasteiger charge is -2.45. The number of nitrogens with zero attached hydrogens (tertiary/aromatic N) is 1. The molecule has 4 atom stereocenters. The molecule has 2 N–H and O–H groups in total. The van der Waals surface area contributed by atoms with Gasteiger partial charge in [0.1, 0.15) is 31.3 Å². The summed E-state index contributed by atoms with van der Waals surface area (Å²) in [5.74, 6) is 0.707. The van der Waals surface area contributed by atoms with Crippen molar-refractivity contribution in [3.8, 4) is 0 Å². The molecule has 32 heavy (non-hydrogen) atoms. The molecular formula is C25H27Cl2N2O3+. The number of rotatable bonds is 7. The number of carbonyl (C=O) groups is 1. The van der Waals surface area contributed by atoms with Gasteiger partial charge in [-0.15, -0.1) is 0 Å². The first-order valence-electron chi connectivity index (χ1n) is 10.7. The smallest absolute Gasteiger partial charge is 0.217 e. The Bertz CT molecular complexity index is 1060. The van der Waals surface area contributed by atoms with E-state index >= 15 is 0 Å². The fourth-order valence-corrected chi connectivity index (χ4v) is 5.27. The summed E-state index contributed by atoms with van der Waals surface area (Å²) in [6.07, 6.45) is 1.89. The van der Waals surface area contributed by atoms with Gasteiger partial charge in [-0.2, -0.15) is 0 Å². The van der Waals surface area contributed by atoms with Crippen LogP contribution in [0.15, 0.2) is 71.3 Å². The maximum absolute atomic E-state index is 12.4. The second-order valence-electron chi connectivity index (χ2n) is 8.51. The van der Waals surface area contributed by atoms with Crippen LogP contribution in [0.3, 0.4) is 0 Å². The first kappa shape index (κ1) is 22.9. The normalized spacial score (nSPS) is 22.4. The number of carbonyl (C=O) groups excluding carboxylic acids is 1. The summed E-state index contributed by atoms with van der Waals surface area (Å²) in [5, 5.41) is 14.8. The molecule has 1 amide bonds. The van der Waals surface area contributed by atoms with Crippen LogP contribution in [0, 0.1) is 0 Å². The number of nitrogens with one attached hydrogen (secondary N) is 1. The number of hydrogen-bond acceptors (Lipinski definition) is 3. The molecule has 7 heteroatoms. The number of quaternary nitrogens is 1. The number of aliphatic hydroxyl groups is 1. The minimum Gasteiger partial charge on any atom is -0.463 e. The number of halogens is 2. The highest BCUT2D eigenvalue weighted by molar-refractivity contribution is 6.42. The Labute approximate surface area is 198 Å². The lowest BCUT2D eigenvalue weighted by molar-refractivity contribution is -0.962. The van der Waals surface area contributed by atoms with Crippen molar-refractivity contribution in [3.63, 3.8) is 0 Å². The van der Waals surface area contributed by atoms with Crippen LogP contribution in [-0.2, 0) is 11.3 Å². The van der Waals surface area contributed by atoms with Gasteiger partial charge in [-0.1, -0.05) is 59.6 Å². The fraction of sp³-hybridized carbons (Fsp3) is 0.320. The molecule has 2 unspecified atom stereocenters. The zero-order chi connectivity index (χ0) is 22.7. The van der Waals surface area contributed by atoms with Crippen molar-refractivity contribution in [2.45, 2.75) is 38.1 Å². The number of amides is 1. The van der Waals surface area contributed by atoms with E-state index in [0.29, 0.717) is 34.0 Å². The lowest BCUT2D eigenvalue weighted by atomic mass is 9.89. The standard InChI is InChI=1S/C25H26Cl2N2O3/c1-17(30)28-24(18-6-3-2-4-7-18)25(19-9-10-22(26)23(27)14-19)29(12-11-20(31)15-29)16-21-8-5-13-32-21/h2-10,13-14,20,24-25,31H,11-12,15-16H2,1H3/p+1/t20-,24-,25?,29?/m0/s1. The molecule has 3 aromatic rings. The van der Waals surface area contributed by atoms with E-state index in [1.54, 1.807) is 12.3 Å². The third-order valence-corrected chi connectivity index (χ3v) is 6.98. The summed E-state index contributed by atoms with van der Waals surface area (Å²) in [7, 11) is 0. The van der Waals surface area contributed by atoms with Gasteiger partial charge in [0, 0.05) is 18.9 Å². The molecule has 0 radical (unpaired) electrons. The molecule has 5 nitrogen and oxygen atoms in total. The molecule has 2 heterocycles.